The number of aliphatic carboxylic acids is 1. The van der Waals surface area contributed by atoms with E-state index in [4.69, 9.17) is 4.74 Å². The van der Waals surface area contributed by atoms with Gasteiger partial charge in [-0.1, -0.05) is 50.2 Å². The Morgan fingerprint density at radius 2 is 1.92 bits per heavy atom. The number of hydrogen-bond donors (Lipinski definition) is 1. The van der Waals surface area contributed by atoms with E-state index < -0.39 is 17.6 Å². The van der Waals surface area contributed by atoms with Gasteiger partial charge in [-0.15, -0.1) is 0 Å². The fourth-order valence-electron chi connectivity index (χ4n) is 2.85. The minimum absolute atomic E-state index is 0.122. The van der Waals surface area contributed by atoms with Crippen LogP contribution in [0, 0.1) is 5.92 Å². The molecule has 0 spiro atoms. The van der Waals surface area contributed by atoms with E-state index in [9.17, 15) is 14.7 Å². The number of aromatic nitrogens is 2. The number of rotatable bonds is 6. The first-order valence-electron chi connectivity index (χ1n) is 8.43. The van der Waals surface area contributed by atoms with Crippen molar-refractivity contribution < 1.29 is 14.6 Å². The molecule has 0 aliphatic carbocycles. The van der Waals surface area contributed by atoms with E-state index in [2.05, 4.69) is 5.10 Å². The lowest BCUT2D eigenvalue weighted by atomic mass is 10.0. The molecule has 26 heavy (non-hydrogen) atoms. The van der Waals surface area contributed by atoms with Crippen LogP contribution in [0.3, 0.4) is 0 Å². The van der Waals surface area contributed by atoms with E-state index in [-0.39, 0.29) is 11.7 Å². The molecule has 0 aliphatic rings. The van der Waals surface area contributed by atoms with Crippen molar-refractivity contribution in [3.05, 3.63) is 65.1 Å². The summed E-state index contributed by atoms with van der Waals surface area (Å²) in [5.41, 5.74) is -0.504. The minimum Gasteiger partial charge on any atom is -0.480 e. The van der Waals surface area contributed by atoms with Crippen molar-refractivity contribution in [2.75, 3.05) is 0 Å². The highest BCUT2D eigenvalue weighted by atomic mass is 16.5. The lowest BCUT2D eigenvalue weighted by molar-refractivity contribution is -0.141. The standard InChI is InChI=1S/C20H20N2O4/c1-13(2)10-17(20(24)25)22-19(23)11-15(12-21-22)26-18-9-5-7-14-6-3-4-8-16(14)18/h3-9,11-13,17H,10H2,1-2H3,(H,24,25)/t17-/m0/s1. The van der Waals surface area contributed by atoms with Gasteiger partial charge in [0.25, 0.3) is 5.56 Å². The molecule has 0 saturated carbocycles. The maximum absolute atomic E-state index is 12.4. The molecule has 0 amide bonds. The third kappa shape index (κ3) is 3.74. The van der Waals surface area contributed by atoms with Crippen molar-refractivity contribution >= 4 is 16.7 Å². The monoisotopic (exact) mass is 352 g/mol. The van der Waals surface area contributed by atoms with Gasteiger partial charge < -0.3 is 9.84 Å². The van der Waals surface area contributed by atoms with E-state index in [0.717, 1.165) is 15.5 Å². The van der Waals surface area contributed by atoms with Crippen molar-refractivity contribution in [2.24, 2.45) is 5.92 Å². The van der Waals surface area contributed by atoms with Crippen LogP contribution in [0.2, 0.25) is 0 Å². The molecule has 0 fully saturated rings. The van der Waals surface area contributed by atoms with Gasteiger partial charge in [0.05, 0.1) is 6.20 Å². The number of nitrogens with zero attached hydrogens (tertiary/aromatic N) is 2. The van der Waals surface area contributed by atoms with Crippen LogP contribution >= 0.6 is 0 Å². The van der Waals surface area contributed by atoms with Crippen LogP contribution in [-0.2, 0) is 4.79 Å². The van der Waals surface area contributed by atoms with Gasteiger partial charge in [-0.25, -0.2) is 9.48 Å². The molecule has 2 aromatic carbocycles. The average molecular weight is 352 g/mol. The highest BCUT2D eigenvalue weighted by Crippen LogP contribution is 2.29. The predicted molar refractivity (Wildman–Crippen MR) is 98.6 cm³/mol. The predicted octanol–water partition coefficient (Wildman–Crippen LogP) is 3.86. The Morgan fingerprint density at radius 3 is 2.62 bits per heavy atom. The average Bonchev–Trinajstić information content (AvgIpc) is 2.60. The number of hydrogen-bond acceptors (Lipinski definition) is 4. The number of ether oxygens (including phenoxy) is 1. The van der Waals surface area contributed by atoms with E-state index in [1.807, 2.05) is 56.3 Å². The maximum Gasteiger partial charge on any atom is 0.328 e. The second-order valence-electron chi connectivity index (χ2n) is 6.54. The molecule has 1 heterocycles. The van der Waals surface area contributed by atoms with Crippen LogP contribution in [0.4, 0.5) is 0 Å². The Bertz CT molecular complexity index is 989. The first kappa shape index (κ1) is 17.7. The first-order valence-corrected chi connectivity index (χ1v) is 8.43. The Labute approximate surface area is 150 Å². The van der Waals surface area contributed by atoms with Crippen molar-refractivity contribution in [1.29, 1.82) is 0 Å². The number of carboxylic acid groups (broad SMARTS) is 1. The highest BCUT2D eigenvalue weighted by molar-refractivity contribution is 5.88. The van der Waals surface area contributed by atoms with E-state index in [1.165, 1.54) is 12.3 Å². The third-order valence-electron chi connectivity index (χ3n) is 4.05. The Balaban J connectivity index is 1.92. The summed E-state index contributed by atoms with van der Waals surface area (Å²) < 4.78 is 6.82. The third-order valence-corrected chi connectivity index (χ3v) is 4.05. The molecule has 134 valence electrons. The van der Waals surface area contributed by atoms with Gasteiger partial charge in [0.15, 0.2) is 11.8 Å². The normalized spacial score (nSPS) is 12.3. The molecule has 1 aromatic heterocycles. The molecule has 0 bridgehead atoms. The highest BCUT2D eigenvalue weighted by Gasteiger charge is 2.23. The van der Waals surface area contributed by atoms with Crippen LogP contribution in [0.15, 0.2) is 59.5 Å². The van der Waals surface area contributed by atoms with Crippen LogP contribution in [0.1, 0.15) is 26.3 Å². The van der Waals surface area contributed by atoms with Gasteiger partial charge in [-0.2, -0.15) is 5.10 Å². The van der Waals surface area contributed by atoms with Gasteiger partial charge in [-0.05, 0) is 23.8 Å². The van der Waals surface area contributed by atoms with Gasteiger partial charge in [0.2, 0.25) is 0 Å². The van der Waals surface area contributed by atoms with Crippen LogP contribution in [0.25, 0.3) is 10.8 Å². The SMILES string of the molecule is CC(C)C[C@@H](C(=O)O)n1ncc(Oc2cccc3ccccc23)cc1=O. The molecule has 3 aromatic rings. The zero-order valence-electron chi connectivity index (χ0n) is 14.6. The largest absolute Gasteiger partial charge is 0.480 e. The summed E-state index contributed by atoms with van der Waals surface area (Å²) in [4.78, 5) is 23.9. The fraction of sp³-hybridized carbons (Fsp3) is 0.250. The number of carbonyl (C=O) groups is 1. The molecule has 3 rings (SSSR count). The Hall–Kier alpha value is -3.15. The molecular formula is C20H20N2O4. The van der Waals surface area contributed by atoms with Gasteiger partial charge in [0, 0.05) is 11.5 Å². The second kappa shape index (κ2) is 7.39. The number of fused-ring (bicyclic) bond motifs is 1. The van der Waals surface area contributed by atoms with Gasteiger partial charge in [-0.3, -0.25) is 4.79 Å². The number of benzene rings is 2. The summed E-state index contributed by atoms with van der Waals surface area (Å²) >= 11 is 0. The zero-order valence-corrected chi connectivity index (χ0v) is 14.6. The van der Waals surface area contributed by atoms with Crippen molar-refractivity contribution in [3.8, 4) is 11.5 Å². The van der Waals surface area contributed by atoms with Crippen LogP contribution < -0.4 is 10.3 Å². The molecular weight excluding hydrogens is 332 g/mol. The zero-order chi connectivity index (χ0) is 18.7. The van der Waals surface area contributed by atoms with E-state index >= 15 is 0 Å². The fourth-order valence-corrected chi connectivity index (χ4v) is 2.85. The second-order valence-corrected chi connectivity index (χ2v) is 6.54. The minimum atomic E-state index is -1.07. The summed E-state index contributed by atoms with van der Waals surface area (Å²) in [7, 11) is 0. The molecule has 6 heteroatoms. The summed E-state index contributed by atoms with van der Waals surface area (Å²) in [6.07, 6.45) is 1.70. The van der Waals surface area contributed by atoms with E-state index in [0.29, 0.717) is 12.2 Å². The van der Waals surface area contributed by atoms with Gasteiger partial charge >= 0.3 is 5.97 Å². The molecule has 0 radical (unpaired) electrons. The molecule has 0 saturated heterocycles. The Kier molecular flexibility index (Phi) is 5.02. The first-order chi connectivity index (χ1) is 12.5. The quantitative estimate of drug-likeness (QED) is 0.728. The maximum atomic E-state index is 12.4. The van der Waals surface area contributed by atoms with E-state index in [1.54, 1.807) is 0 Å². The molecule has 1 N–H and O–H groups in total. The Morgan fingerprint density at radius 1 is 1.19 bits per heavy atom. The van der Waals surface area contributed by atoms with Crippen molar-refractivity contribution in [3.63, 3.8) is 0 Å². The van der Waals surface area contributed by atoms with Crippen LogP contribution in [0.5, 0.6) is 11.5 Å². The summed E-state index contributed by atoms with van der Waals surface area (Å²) in [6.45, 7) is 3.80. The summed E-state index contributed by atoms with van der Waals surface area (Å²) in [6, 6.07) is 13.7. The molecule has 6 nitrogen and oxygen atoms in total. The smallest absolute Gasteiger partial charge is 0.328 e. The topological polar surface area (TPSA) is 81.4 Å². The van der Waals surface area contributed by atoms with Crippen molar-refractivity contribution in [2.45, 2.75) is 26.3 Å². The molecule has 0 unspecified atom stereocenters. The number of carboxylic acids is 1. The van der Waals surface area contributed by atoms with Crippen LogP contribution in [-0.4, -0.2) is 20.9 Å². The summed E-state index contributed by atoms with van der Waals surface area (Å²) in [5.74, 6) is -0.0669. The summed E-state index contributed by atoms with van der Waals surface area (Å²) in [5, 5.41) is 15.4. The lowest BCUT2D eigenvalue weighted by Crippen LogP contribution is -2.32. The molecule has 0 aliphatic heterocycles. The molecule has 1 atom stereocenters. The lowest BCUT2D eigenvalue weighted by Gasteiger charge is -2.16. The van der Waals surface area contributed by atoms with Crippen molar-refractivity contribution in [1.82, 2.24) is 9.78 Å². The van der Waals surface area contributed by atoms with Gasteiger partial charge in [0.1, 0.15) is 5.75 Å².